The fourth-order valence-corrected chi connectivity index (χ4v) is 2.53. The molecule has 0 atom stereocenters. The van der Waals surface area contributed by atoms with E-state index in [0.29, 0.717) is 18.1 Å². The molecule has 0 aliphatic heterocycles. The second-order valence-corrected chi connectivity index (χ2v) is 5.46. The normalized spacial score (nSPS) is 10.9. The monoisotopic (exact) mass is 317 g/mol. The molecule has 3 heterocycles. The van der Waals surface area contributed by atoms with Crippen molar-refractivity contribution in [1.29, 1.82) is 0 Å². The van der Waals surface area contributed by atoms with Gasteiger partial charge in [0, 0.05) is 18.0 Å². The second kappa shape index (κ2) is 6.08. The Hall–Kier alpha value is -3.28. The highest BCUT2D eigenvalue weighted by molar-refractivity contribution is 5.62. The van der Waals surface area contributed by atoms with Crippen molar-refractivity contribution >= 4 is 0 Å². The molecule has 118 valence electrons. The average molecular weight is 317 g/mol. The Balaban J connectivity index is 1.79. The van der Waals surface area contributed by atoms with Gasteiger partial charge in [0.2, 0.25) is 0 Å². The van der Waals surface area contributed by atoms with Gasteiger partial charge in [-0.2, -0.15) is 5.10 Å². The molecule has 0 saturated carbocycles. The summed E-state index contributed by atoms with van der Waals surface area (Å²) in [6.45, 7) is 2.57. The summed E-state index contributed by atoms with van der Waals surface area (Å²) >= 11 is 0. The fourth-order valence-electron chi connectivity index (χ4n) is 2.53. The van der Waals surface area contributed by atoms with Crippen LogP contribution in [0.4, 0.5) is 0 Å². The number of hydrogen-bond donors (Lipinski definition) is 0. The Morgan fingerprint density at radius 3 is 2.67 bits per heavy atom. The lowest BCUT2D eigenvalue weighted by Crippen LogP contribution is -2.04. The van der Waals surface area contributed by atoms with E-state index in [0.717, 1.165) is 22.6 Å². The molecule has 0 spiro atoms. The molecule has 0 saturated heterocycles. The Kier molecular flexibility index (Phi) is 3.63. The predicted octanol–water partition coefficient (Wildman–Crippen LogP) is 3.35. The van der Waals surface area contributed by atoms with Gasteiger partial charge in [-0.25, -0.2) is 9.97 Å². The molecule has 0 fully saturated rings. The fraction of sp³-hybridized carbons (Fsp3) is 0.111. The molecule has 0 amide bonds. The lowest BCUT2D eigenvalue weighted by Gasteiger charge is -2.05. The minimum Gasteiger partial charge on any atom is -0.364 e. The Bertz CT molecular complexity index is 945. The van der Waals surface area contributed by atoms with Crippen LogP contribution in [-0.4, -0.2) is 24.9 Å². The van der Waals surface area contributed by atoms with Crippen LogP contribution in [-0.2, 0) is 6.54 Å². The van der Waals surface area contributed by atoms with Crippen LogP contribution in [0.1, 0.15) is 11.3 Å². The minimum atomic E-state index is 0.603. The number of hydrogen-bond acceptors (Lipinski definition) is 5. The lowest BCUT2D eigenvalue weighted by molar-refractivity contribution is 0.421. The topological polar surface area (TPSA) is 69.6 Å². The van der Waals surface area contributed by atoms with Crippen LogP contribution in [0, 0.1) is 6.92 Å². The van der Waals surface area contributed by atoms with Gasteiger partial charge in [-0.1, -0.05) is 35.5 Å². The summed E-state index contributed by atoms with van der Waals surface area (Å²) in [5.74, 6) is 0.603. The molecule has 6 nitrogen and oxygen atoms in total. The van der Waals surface area contributed by atoms with E-state index in [4.69, 9.17) is 4.52 Å². The lowest BCUT2D eigenvalue weighted by atomic mass is 10.2. The van der Waals surface area contributed by atoms with Gasteiger partial charge >= 0.3 is 0 Å². The van der Waals surface area contributed by atoms with Crippen LogP contribution in [0.25, 0.3) is 22.9 Å². The summed E-state index contributed by atoms with van der Waals surface area (Å²) in [4.78, 5) is 8.78. The van der Waals surface area contributed by atoms with E-state index in [9.17, 15) is 0 Å². The second-order valence-electron chi connectivity index (χ2n) is 5.46. The van der Waals surface area contributed by atoms with Crippen LogP contribution in [0.3, 0.4) is 0 Å². The molecule has 4 rings (SSSR count). The van der Waals surface area contributed by atoms with Crippen molar-refractivity contribution in [2.75, 3.05) is 0 Å². The molecule has 1 aromatic carbocycles. The van der Waals surface area contributed by atoms with E-state index in [1.54, 1.807) is 12.5 Å². The molecule has 3 aromatic heterocycles. The van der Waals surface area contributed by atoms with Gasteiger partial charge in [0.15, 0.2) is 5.82 Å². The van der Waals surface area contributed by atoms with Crippen LogP contribution >= 0.6 is 0 Å². The van der Waals surface area contributed by atoms with Crippen molar-refractivity contribution in [2.24, 2.45) is 0 Å². The minimum absolute atomic E-state index is 0.603. The van der Waals surface area contributed by atoms with Crippen LogP contribution in [0.15, 0.2) is 65.5 Å². The van der Waals surface area contributed by atoms with Crippen LogP contribution in [0.5, 0.6) is 0 Å². The van der Waals surface area contributed by atoms with Gasteiger partial charge in [0.1, 0.15) is 17.7 Å². The van der Waals surface area contributed by atoms with Crippen molar-refractivity contribution in [2.45, 2.75) is 13.5 Å². The largest absolute Gasteiger partial charge is 0.364 e. The van der Waals surface area contributed by atoms with E-state index < -0.39 is 0 Å². The summed E-state index contributed by atoms with van der Waals surface area (Å²) in [5, 5.41) is 8.72. The first-order valence-electron chi connectivity index (χ1n) is 7.62. The van der Waals surface area contributed by atoms with Gasteiger partial charge in [0.25, 0.3) is 0 Å². The molecule has 0 bridgehead atoms. The van der Waals surface area contributed by atoms with E-state index in [2.05, 4.69) is 32.4 Å². The zero-order valence-corrected chi connectivity index (χ0v) is 13.1. The molecular formula is C18H15N5O. The molecule has 24 heavy (non-hydrogen) atoms. The quantitative estimate of drug-likeness (QED) is 0.577. The third kappa shape index (κ3) is 2.81. The highest BCUT2D eigenvalue weighted by Crippen LogP contribution is 2.24. The maximum atomic E-state index is 4.99. The van der Waals surface area contributed by atoms with E-state index in [1.807, 2.05) is 48.0 Å². The Morgan fingerprint density at radius 2 is 1.92 bits per heavy atom. The smallest absolute Gasteiger partial charge is 0.180 e. The molecule has 4 aromatic rings. The van der Waals surface area contributed by atoms with Gasteiger partial charge < -0.3 is 4.52 Å². The highest BCUT2D eigenvalue weighted by atomic mass is 16.5. The zero-order chi connectivity index (χ0) is 16.4. The number of aryl methyl sites for hydroxylation is 1. The van der Waals surface area contributed by atoms with Crippen molar-refractivity contribution in [1.82, 2.24) is 24.9 Å². The van der Waals surface area contributed by atoms with Gasteiger partial charge in [-0.15, -0.1) is 0 Å². The standard InChI is InChI=1S/C18H15N5O/c1-13-7-9-19-18(20-13)16-11-17(15-8-10-24-22-15)23(21-16)12-14-5-3-2-4-6-14/h2-11H,12H2,1H3. The summed E-state index contributed by atoms with van der Waals surface area (Å²) < 4.78 is 6.88. The van der Waals surface area contributed by atoms with E-state index in [-0.39, 0.29) is 0 Å². The summed E-state index contributed by atoms with van der Waals surface area (Å²) in [7, 11) is 0. The van der Waals surface area contributed by atoms with E-state index in [1.165, 1.54) is 0 Å². The van der Waals surface area contributed by atoms with Crippen molar-refractivity contribution in [3.05, 3.63) is 72.2 Å². The van der Waals surface area contributed by atoms with Gasteiger partial charge in [-0.05, 0) is 24.6 Å². The maximum Gasteiger partial charge on any atom is 0.180 e. The maximum absolute atomic E-state index is 4.99. The summed E-state index contributed by atoms with van der Waals surface area (Å²) in [6.07, 6.45) is 3.29. The first-order valence-corrected chi connectivity index (χ1v) is 7.62. The Labute approximate surface area is 138 Å². The van der Waals surface area contributed by atoms with Gasteiger partial charge in [-0.3, -0.25) is 4.68 Å². The number of benzene rings is 1. The predicted molar refractivity (Wildman–Crippen MR) is 89.0 cm³/mol. The van der Waals surface area contributed by atoms with E-state index >= 15 is 0 Å². The number of nitrogens with zero attached hydrogens (tertiary/aromatic N) is 5. The van der Waals surface area contributed by atoms with Crippen molar-refractivity contribution in [3.8, 4) is 22.9 Å². The molecule has 6 heteroatoms. The highest BCUT2D eigenvalue weighted by Gasteiger charge is 2.15. The van der Waals surface area contributed by atoms with Crippen LogP contribution < -0.4 is 0 Å². The zero-order valence-electron chi connectivity index (χ0n) is 13.1. The first kappa shape index (κ1) is 14.3. The van der Waals surface area contributed by atoms with Crippen LogP contribution in [0.2, 0.25) is 0 Å². The molecule has 0 unspecified atom stereocenters. The molecular weight excluding hydrogens is 302 g/mol. The first-order chi connectivity index (χ1) is 11.8. The van der Waals surface area contributed by atoms with Crippen molar-refractivity contribution in [3.63, 3.8) is 0 Å². The molecule has 0 N–H and O–H groups in total. The SMILES string of the molecule is Cc1ccnc(-c2cc(-c3ccon3)n(Cc3ccccc3)n2)n1. The average Bonchev–Trinajstić information content (AvgIpc) is 3.25. The van der Waals surface area contributed by atoms with Gasteiger partial charge in [0.05, 0.1) is 12.2 Å². The summed E-state index contributed by atoms with van der Waals surface area (Å²) in [6, 6.07) is 15.8. The molecule has 0 aliphatic carbocycles. The number of rotatable bonds is 4. The Morgan fingerprint density at radius 1 is 1.04 bits per heavy atom. The molecule has 0 radical (unpaired) electrons. The number of aromatic nitrogens is 5. The summed E-state index contributed by atoms with van der Waals surface area (Å²) in [5.41, 5.74) is 4.38. The third-order valence-electron chi connectivity index (χ3n) is 3.68. The van der Waals surface area contributed by atoms with Crippen molar-refractivity contribution < 1.29 is 4.52 Å². The third-order valence-corrected chi connectivity index (χ3v) is 3.68. The molecule has 0 aliphatic rings.